The van der Waals surface area contributed by atoms with Crippen molar-refractivity contribution in [1.82, 2.24) is 9.55 Å². The number of nitrogen functional groups attached to an aromatic ring is 1. The van der Waals surface area contributed by atoms with Crippen molar-refractivity contribution >= 4 is 17.6 Å². The van der Waals surface area contributed by atoms with Crippen LogP contribution < -0.4 is 11.4 Å². The Hall–Kier alpha value is -3.43. The van der Waals surface area contributed by atoms with Crippen LogP contribution in [0.25, 0.3) is 0 Å². The smallest absolute Gasteiger partial charge is 0.351 e. The molecule has 7 nitrogen and oxygen atoms in total. The number of ether oxygens (including phenoxy) is 1. The first-order valence-corrected chi connectivity index (χ1v) is 12.6. The van der Waals surface area contributed by atoms with Crippen LogP contribution >= 0.6 is 11.8 Å². The Morgan fingerprint density at radius 3 is 1.83 bits per heavy atom. The molecule has 0 radical (unpaired) electrons. The van der Waals surface area contributed by atoms with Crippen molar-refractivity contribution in [3.8, 4) is 0 Å². The Bertz CT molecular complexity index is 1250. The van der Waals surface area contributed by atoms with E-state index < -0.39 is 34.1 Å². The molecule has 3 aromatic carbocycles. The number of rotatable bonds is 7. The third-order valence-electron chi connectivity index (χ3n) is 6.47. The first-order valence-electron chi connectivity index (χ1n) is 11.7. The molecular weight excluding hydrogens is 474 g/mol. The summed E-state index contributed by atoms with van der Waals surface area (Å²) in [6.07, 6.45) is -1.27. The van der Waals surface area contributed by atoms with Crippen LogP contribution in [0.1, 0.15) is 22.9 Å². The van der Waals surface area contributed by atoms with E-state index in [-0.39, 0.29) is 12.4 Å². The van der Waals surface area contributed by atoms with Gasteiger partial charge in [0.1, 0.15) is 11.9 Å². The van der Waals surface area contributed by atoms with Gasteiger partial charge in [-0.1, -0.05) is 91.0 Å². The van der Waals surface area contributed by atoms with Crippen molar-refractivity contribution in [2.24, 2.45) is 0 Å². The molecule has 5 rings (SSSR count). The predicted octanol–water partition coefficient (Wildman–Crippen LogP) is 3.17. The van der Waals surface area contributed by atoms with Crippen LogP contribution in [-0.2, 0) is 9.48 Å². The number of aliphatic hydroxyl groups excluding tert-OH is 2. The zero-order chi connectivity index (χ0) is 25.1. The first-order chi connectivity index (χ1) is 17.5. The monoisotopic (exact) mass is 501 g/mol. The van der Waals surface area contributed by atoms with Crippen LogP contribution in [0.2, 0.25) is 0 Å². The van der Waals surface area contributed by atoms with Crippen molar-refractivity contribution in [2.45, 2.75) is 28.4 Å². The molecule has 1 aromatic heterocycles. The van der Waals surface area contributed by atoms with Gasteiger partial charge in [-0.3, -0.25) is 4.57 Å². The summed E-state index contributed by atoms with van der Waals surface area (Å²) in [5.74, 6) is 0.102. The third kappa shape index (κ3) is 4.33. The maximum absolute atomic E-state index is 12.8. The molecule has 1 aliphatic rings. The van der Waals surface area contributed by atoms with Gasteiger partial charge in [0.25, 0.3) is 0 Å². The van der Waals surface area contributed by atoms with E-state index in [9.17, 15) is 15.0 Å². The number of hydrogen-bond acceptors (Lipinski definition) is 7. The van der Waals surface area contributed by atoms with Gasteiger partial charge >= 0.3 is 5.69 Å². The summed E-state index contributed by atoms with van der Waals surface area (Å²) in [5, 5.41) is 20.7. The predicted molar refractivity (Wildman–Crippen MR) is 140 cm³/mol. The summed E-state index contributed by atoms with van der Waals surface area (Å²) < 4.78 is 6.63. The quantitative estimate of drug-likeness (QED) is 0.334. The van der Waals surface area contributed by atoms with Gasteiger partial charge in [-0.25, -0.2) is 4.79 Å². The summed E-state index contributed by atoms with van der Waals surface area (Å²) in [6, 6.07) is 31.7. The Morgan fingerprint density at radius 2 is 1.39 bits per heavy atom. The van der Waals surface area contributed by atoms with Crippen molar-refractivity contribution in [2.75, 3.05) is 12.3 Å². The van der Waals surface area contributed by atoms with Crippen molar-refractivity contribution in [3.63, 3.8) is 0 Å². The van der Waals surface area contributed by atoms with Crippen molar-refractivity contribution in [1.29, 1.82) is 0 Å². The number of anilines is 1. The average Bonchev–Trinajstić information content (AvgIpc) is 3.23. The molecule has 0 saturated carbocycles. The number of hydrogen-bond donors (Lipinski definition) is 3. The molecule has 0 bridgehead atoms. The molecule has 184 valence electrons. The lowest BCUT2D eigenvalue weighted by atomic mass is 9.84. The molecule has 4 atom stereocenters. The molecule has 1 aliphatic heterocycles. The van der Waals surface area contributed by atoms with E-state index in [0.29, 0.717) is 0 Å². The highest BCUT2D eigenvalue weighted by atomic mass is 32.2. The van der Waals surface area contributed by atoms with E-state index in [1.165, 1.54) is 28.6 Å². The van der Waals surface area contributed by atoms with Crippen LogP contribution in [-0.4, -0.2) is 43.8 Å². The van der Waals surface area contributed by atoms with E-state index in [4.69, 9.17) is 10.5 Å². The second kappa shape index (κ2) is 10.3. The molecule has 0 spiro atoms. The van der Waals surface area contributed by atoms with E-state index in [1.54, 1.807) is 0 Å². The van der Waals surface area contributed by atoms with Crippen LogP contribution in [0.5, 0.6) is 0 Å². The lowest BCUT2D eigenvalue weighted by Crippen LogP contribution is -2.38. The van der Waals surface area contributed by atoms with E-state index in [2.05, 4.69) is 41.4 Å². The third-order valence-corrected chi connectivity index (χ3v) is 8.32. The van der Waals surface area contributed by atoms with Gasteiger partial charge in [0.15, 0.2) is 6.23 Å². The molecule has 0 amide bonds. The minimum absolute atomic E-state index is 0.102. The van der Waals surface area contributed by atoms with Gasteiger partial charge in [-0.05, 0) is 22.8 Å². The van der Waals surface area contributed by atoms with Crippen LogP contribution in [0.3, 0.4) is 0 Å². The van der Waals surface area contributed by atoms with Gasteiger partial charge in [-0.15, -0.1) is 11.8 Å². The van der Waals surface area contributed by atoms with Crippen LogP contribution in [0, 0.1) is 0 Å². The second-order valence-corrected chi connectivity index (χ2v) is 10.0. The summed E-state index contributed by atoms with van der Waals surface area (Å²) >= 11 is 1.50. The summed E-state index contributed by atoms with van der Waals surface area (Å²) in [4.78, 5) is 16.6. The zero-order valence-electron chi connectivity index (χ0n) is 19.4. The molecular formula is C28H27N3O4S. The lowest BCUT2D eigenvalue weighted by molar-refractivity contribution is -0.0456. The molecule has 4 aromatic rings. The number of aliphatic hydroxyl groups is 2. The van der Waals surface area contributed by atoms with Crippen LogP contribution in [0.4, 0.5) is 5.82 Å². The lowest BCUT2D eigenvalue weighted by Gasteiger charge is -2.39. The van der Waals surface area contributed by atoms with Gasteiger partial charge in [0.05, 0.1) is 22.7 Å². The maximum Gasteiger partial charge on any atom is 0.351 e. The van der Waals surface area contributed by atoms with E-state index >= 15 is 0 Å². The average molecular weight is 502 g/mol. The highest BCUT2D eigenvalue weighted by Gasteiger charge is 2.50. The SMILES string of the molecule is Nc1ccn([C@@H]2O[C@H](CO)[C@@H](O)[C@H]2SC(c2ccccc2)(c2ccccc2)c2ccccc2)c(=O)n1. The van der Waals surface area contributed by atoms with Crippen molar-refractivity contribution in [3.05, 3.63) is 130 Å². The van der Waals surface area contributed by atoms with Gasteiger partial charge < -0.3 is 20.7 Å². The van der Waals surface area contributed by atoms with Crippen molar-refractivity contribution < 1.29 is 14.9 Å². The van der Waals surface area contributed by atoms with Gasteiger partial charge in [-0.2, -0.15) is 4.98 Å². The van der Waals surface area contributed by atoms with E-state index in [1.807, 2.05) is 54.6 Å². The number of thioether (sulfide) groups is 1. The molecule has 0 aliphatic carbocycles. The van der Waals surface area contributed by atoms with Crippen LogP contribution in [0.15, 0.2) is 108 Å². The second-order valence-electron chi connectivity index (χ2n) is 8.64. The maximum atomic E-state index is 12.8. The molecule has 1 saturated heterocycles. The fraction of sp³-hybridized carbons (Fsp3) is 0.214. The summed E-state index contributed by atoms with van der Waals surface area (Å²) in [7, 11) is 0. The number of benzene rings is 3. The first kappa shape index (κ1) is 24.3. The number of aromatic nitrogens is 2. The largest absolute Gasteiger partial charge is 0.394 e. The molecule has 0 unspecified atom stereocenters. The molecule has 1 fully saturated rings. The van der Waals surface area contributed by atoms with E-state index in [0.717, 1.165) is 16.7 Å². The van der Waals surface area contributed by atoms with Gasteiger partial charge in [0, 0.05) is 6.20 Å². The Kier molecular flexibility index (Phi) is 6.93. The standard InChI is InChI=1S/C28H27N3O4S/c29-23-16-17-31(27(34)30-23)26-25(24(33)22(18-32)35-26)36-28(19-10-4-1-5-11-19,20-12-6-2-7-13-20)21-14-8-3-9-15-21/h1-17,22,24-26,32-33H,18H2,(H2,29,30,34)/t22-,24-,25-,26-/m1/s1. The fourth-order valence-electron chi connectivity index (χ4n) is 4.77. The number of nitrogens with zero attached hydrogens (tertiary/aromatic N) is 2. The minimum atomic E-state index is -1.05. The topological polar surface area (TPSA) is 111 Å². The Labute approximate surface area is 213 Å². The zero-order valence-corrected chi connectivity index (χ0v) is 20.2. The molecule has 4 N–H and O–H groups in total. The Morgan fingerprint density at radius 1 is 0.889 bits per heavy atom. The highest BCUT2D eigenvalue weighted by Crippen LogP contribution is 2.54. The normalized spacial score (nSPS) is 21.9. The van der Waals surface area contributed by atoms with Gasteiger partial charge in [0.2, 0.25) is 0 Å². The Balaban J connectivity index is 1.72. The molecule has 36 heavy (non-hydrogen) atoms. The minimum Gasteiger partial charge on any atom is -0.394 e. The fourth-order valence-corrected chi connectivity index (χ4v) is 6.62. The molecule has 8 heteroatoms. The summed E-state index contributed by atoms with van der Waals surface area (Å²) in [6.45, 7) is -0.388. The molecule has 2 heterocycles. The summed E-state index contributed by atoms with van der Waals surface area (Å²) in [5.41, 5.74) is 8.15. The highest BCUT2D eigenvalue weighted by molar-refractivity contribution is 8.01. The number of nitrogens with two attached hydrogens (primary N) is 1.